The second-order valence-electron chi connectivity index (χ2n) is 7.12. The molecule has 0 radical (unpaired) electrons. The quantitative estimate of drug-likeness (QED) is 0.380. The van der Waals surface area contributed by atoms with Crippen molar-refractivity contribution < 1.29 is 18.6 Å². The maximum Gasteiger partial charge on any atom is 0.256 e. The fraction of sp³-hybridized carbons (Fsp3) is 0.0435. The lowest BCUT2D eigenvalue weighted by molar-refractivity contribution is -0.0123. The van der Waals surface area contributed by atoms with Crippen LogP contribution >= 0.6 is 11.6 Å². The van der Waals surface area contributed by atoms with Gasteiger partial charge in [-0.3, -0.25) is 4.79 Å². The molecule has 0 fully saturated rings. The van der Waals surface area contributed by atoms with Crippen molar-refractivity contribution in [2.75, 3.05) is 5.32 Å². The average Bonchev–Trinajstić information content (AvgIpc) is 2.76. The molecule has 3 heterocycles. The molecule has 160 valence electrons. The van der Waals surface area contributed by atoms with Gasteiger partial charge in [-0.25, -0.2) is 13.8 Å². The monoisotopic (exact) mass is 453 g/mol. The highest BCUT2D eigenvalue weighted by molar-refractivity contribution is 6.33. The number of H-pyrrole nitrogens is 1. The molecular formula is C23H14ClF2N3O3. The molecule has 3 N–H and O–H groups in total. The molecule has 2 aromatic heterocycles. The van der Waals surface area contributed by atoms with Gasteiger partial charge in [0.25, 0.3) is 5.56 Å². The standard InChI is InChI=1S/C23H14ClF2N3O3/c24-16-8-13(25)9-17(26)21(16)29-22-14-5-6-27-23(31)20(14)15-7-11(1-3-18(15)28-22)12-2-4-19(30)32-10-12/h1-10,19,30H,(H,27,31)(H,28,29). The number of halogens is 3. The van der Waals surface area contributed by atoms with E-state index in [9.17, 15) is 18.7 Å². The number of hydrogen-bond donors (Lipinski definition) is 3. The molecule has 5 rings (SSSR count). The van der Waals surface area contributed by atoms with Gasteiger partial charge < -0.3 is 20.1 Å². The zero-order valence-corrected chi connectivity index (χ0v) is 17.0. The highest BCUT2D eigenvalue weighted by Crippen LogP contribution is 2.34. The Balaban J connectivity index is 1.71. The predicted molar refractivity (Wildman–Crippen MR) is 119 cm³/mol. The molecule has 2 aromatic carbocycles. The number of benzene rings is 2. The Morgan fingerprint density at radius 1 is 1.16 bits per heavy atom. The van der Waals surface area contributed by atoms with Gasteiger partial charge in [-0.1, -0.05) is 17.7 Å². The van der Waals surface area contributed by atoms with E-state index in [0.717, 1.165) is 11.6 Å². The van der Waals surface area contributed by atoms with Crippen LogP contribution in [-0.4, -0.2) is 21.4 Å². The number of aromatic amines is 1. The van der Waals surface area contributed by atoms with Crippen LogP contribution in [0.4, 0.5) is 20.3 Å². The summed E-state index contributed by atoms with van der Waals surface area (Å²) in [5.41, 5.74) is 1.42. The molecule has 9 heteroatoms. The first-order valence-electron chi connectivity index (χ1n) is 9.50. The highest BCUT2D eigenvalue weighted by Gasteiger charge is 2.17. The molecule has 0 spiro atoms. The van der Waals surface area contributed by atoms with Crippen LogP contribution in [0.2, 0.25) is 5.02 Å². The van der Waals surface area contributed by atoms with Gasteiger partial charge in [0.15, 0.2) is 5.82 Å². The van der Waals surface area contributed by atoms with Crippen LogP contribution in [0.15, 0.2) is 65.8 Å². The first-order valence-corrected chi connectivity index (χ1v) is 9.87. The fourth-order valence-electron chi connectivity index (χ4n) is 3.59. The lowest BCUT2D eigenvalue weighted by atomic mass is 10.0. The number of anilines is 2. The van der Waals surface area contributed by atoms with Crippen LogP contribution in [-0.2, 0) is 4.74 Å². The van der Waals surface area contributed by atoms with Crippen LogP contribution in [0.25, 0.3) is 27.2 Å². The number of aromatic nitrogens is 2. The highest BCUT2D eigenvalue weighted by atomic mass is 35.5. The van der Waals surface area contributed by atoms with Gasteiger partial charge in [0.1, 0.15) is 11.6 Å². The Morgan fingerprint density at radius 3 is 2.75 bits per heavy atom. The van der Waals surface area contributed by atoms with E-state index in [1.54, 1.807) is 30.3 Å². The summed E-state index contributed by atoms with van der Waals surface area (Å²) in [7, 11) is 0. The van der Waals surface area contributed by atoms with Gasteiger partial charge in [-0.2, -0.15) is 0 Å². The molecule has 32 heavy (non-hydrogen) atoms. The number of rotatable bonds is 3. The summed E-state index contributed by atoms with van der Waals surface area (Å²) in [6.45, 7) is 0. The third kappa shape index (κ3) is 3.49. The Morgan fingerprint density at radius 2 is 2.00 bits per heavy atom. The van der Waals surface area contributed by atoms with Crippen LogP contribution in [0, 0.1) is 11.6 Å². The van der Waals surface area contributed by atoms with Crippen molar-refractivity contribution in [3.8, 4) is 0 Å². The predicted octanol–water partition coefficient (Wildman–Crippen LogP) is 5.00. The topological polar surface area (TPSA) is 87.2 Å². The van der Waals surface area contributed by atoms with E-state index in [1.807, 2.05) is 0 Å². The van der Waals surface area contributed by atoms with Gasteiger partial charge in [-0.05, 0) is 42.0 Å². The van der Waals surface area contributed by atoms with E-state index in [-0.39, 0.29) is 22.1 Å². The minimum atomic E-state index is -1.00. The molecule has 0 amide bonds. The normalized spacial score (nSPS) is 15.6. The number of nitrogens with one attached hydrogen (secondary N) is 2. The Hall–Kier alpha value is -3.75. The average molecular weight is 454 g/mol. The van der Waals surface area contributed by atoms with Gasteiger partial charge in [-0.15, -0.1) is 0 Å². The van der Waals surface area contributed by atoms with E-state index >= 15 is 0 Å². The largest absolute Gasteiger partial charge is 0.468 e. The second-order valence-corrected chi connectivity index (χ2v) is 7.52. The van der Waals surface area contributed by atoms with Gasteiger partial charge in [0.05, 0.1) is 27.9 Å². The minimum Gasteiger partial charge on any atom is -0.468 e. The van der Waals surface area contributed by atoms with Crippen molar-refractivity contribution in [1.29, 1.82) is 0 Å². The summed E-state index contributed by atoms with van der Waals surface area (Å²) in [4.78, 5) is 20.0. The molecule has 0 aliphatic carbocycles. The lowest BCUT2D eigenvalue weighted by Gasteiger charge is -2.15. The second kappa shape index (κ2) is 7.74. The Labute approximate surface area is 184 Å². The Kier molecular flexibility index (Phi) is 4.88. The third-order valence-electron chi connectivity index (χ3n) is 5.07. The van der Waals surface area contributed by atoms with Crippen molar-refractivity contribution in [1.82, 2.24) is 9.97 Å². The number of nitrogens with zero attached hydrogens (tertiary/aromatic N) is 1. The van der Waals surface area contributed by atoms with Crippen molar-refractivity contribution >= 4 is 50.4 Å². The fourth-order valence-corrected chi connectivity index (χ4v) is 3.83. The van der Waals surface area contributed by atoms with E-state index < -0.39 is 17.9 Å². The first-order chi connectivity index (χ1) is 15.4. The van der Waals surface area contributed by atoms with Crippen LogP contribution < -0.4 is 10.9 Å². The number of allylic oxidation sites excluding steroid dienone is 2. The number of fused-ring (bicyclic) bond motifs is 3. The summed E-state index contributed by atoms with van der Waals surface area (Å²) in [6.07, 6.45) is 5.09. The summed E-state index contributed by atoms with van der Waals surface area (Å²) < 4.78 is 32.9. The summed E-state index contributed by atoms with van der Waals surface area (Å²) in [5.74, 6) is -1.49. The number of aliphatic hydroxyl groups is 1. The van der Waals surface area contributed by atoms with Gasteiger partial charge >= 0.3 is 0 Å². The molecule has 0 bridgehead atoms. The summed E-state index contributed by atoms with van der Waals surface area (Å²) in [5, 5.41) is 13.4. The van der Waals surface area contributed by atoms with E-state index in [1.165, 1.54) is 18.5 Å². The SMILES string of the molecule is O=c1[nH]ccc2c(Nc3c(F)cc(F)cc3Cl)nc3ccc(C4=COC(O)C=C4)cc3c12. The van der Waals surface area contributed by atoms with E-state index in [0.29, 0.717) is 33.3 Å². The third-order valence-corrected chi connectivity index (χ3v) is 5.37. The number of hydrogen-bond acceptors (Lipinski definition) is 5. The zero-order valence-electron chi connectivity index (χ0n) is 16.2. The smallest absolute Gasteiger partial charge is 0.256 e. The lowest BCUT2D eigenvalue weighted by Crippen LogP contribution is -2.09. The first kappa shape index (κ1) is 20.2. The number of pyridine rings is 2. The van der Waals surface area contributed by atoms with Crippen molar-refractivity contribution in [3.63, 3.8) is 0 Å². The van der Waals surface area contributed by atoms with Crippen molar-refractivity contribution in [2.45, 2.75) is 6.29 Å². The zero-order chi connectivity index (χ0) is 22.4. The number of ether oxygens (including phenoxy) is 1. The molecule has 1 aliphatic rings. The molecule has 1 unspecified atom stereocenters. The molecule has 0 saturated carbocycles. The van der Waals surface area contributed by atoms with Gasteiger partial charge in [0, 0.05) is 28.6 Å². The van der Waals surface area contributed by atoms with Crippen LogP contribution in [0.1, 0.15) is 5.56 Å². The molecular weight excluding hydrogens is 440 g/mol. The van der Waals surface area contributed by atoms with Crippen molar-refractivity contribution in [3.05, 3.63) is 93.6 Å². The molecule has 4 aromatic rings. The maximum absolute atomic E-state index is 14.4. The van der Waals surface area contributed by atoms with E-state index in [2.05, 4.69) is 15.3 Å². The van der Waals surface area contributed by atoms with E-state index in [4.69, 9.17) is 16.3 Å². The van der Waals surface area contributed by atoms with Crippen LogP contribution in [0.5, 0.6) is 0 Å². The molecule has 6 nitrogen and oxygen atoms in total. The Bertz CT molecular complexity index is 1490. The number of aliphatic hydroxyl groups excluding tert-OH is 1. The summed E-state index contributed by atoms with van der Waals surface area (Å²) >= 11 is 6.02. The summed E-state index contributed by atoms with van der Waals surface area (Å²) in [6, 6.07) is 8.61. The van der Waals surface area contributed by atoms with Gasteiger partial charge in [0.2, 0.25) is 6.29 Å². The van der Waals surface area contributed by atoms with Crippen molar-refractivity contribution in [2.24, 2.45) is 0 Å². The minimum absolute atomic E-state index is 0.147. The molecule has 1 aliphatic heterocycles. The molecule has 0 saturated heterocycles. The maximum atomic E-state index is 14.4. The van der Waals surface area contributed by atoms with Crippen LogP contribution in [0.3, 0.4) is 0 Å². The molecule has 1 atom stereocenters.